The summed E-state index contributed by atoms with van der Waals surface area (Å²) in [5.74, 6) is -1.56. The van der Waals surface area contributed by atoms with Gasteiger partial charge in [0.25, 0.3) is 0 Å². The molecule has 0 unspecified atom stereocenters. The molecular weight excluding hydrogens is 503 g/mol. The van der Waals surface area contributed by atoms with Crippen LogP contribution in [0.4, 0.5) is 10.1 Å². The third-order valence-electron chi connectivity index (χ3n) is 4.63. The van der Waals surface area contributed by atoms with E-state index < -0.39 is 23.7 Å². The number of methoxy groups -OCH3 is 2. The molecule has 0 aliphatic rings. The number of nitrogens with zero attached hydrogens (tertiary/aromatic N) is 3. The van der Waals surface area contributed by atoms with Crippen molar-refractivity contribution in [2.45, 2.75) is 11.8 Å². The van der Waals surface area contributed by atoms with Gasteiger partial charge in [-0.3, -0.25) is 4.79 Å². The fourth-order valence-corrected chi connectivity index (χ4v) is 3.78. The van der Waals surface area contributed by atoms with Crippen LogP contribution in [0.3, 0.4) is 0 Å². The summed E-state index contributed by atoms with van der Waals surface area (Å²) in [5.41, 5.74) is 0.340. The van der Waals surface area contributed by atoms with Crippen LogP contribution in [0.5, 0.6) is 5.75 Å². The standard InChI is InChI=1S/C22H20ClFN4O6S/c1-28-18(10-34-17-7-5-13(24)9-15(17)23)26-27-22(28)35-11-19(29)25-16-8-12(20(30)32-2)4-6-14(16)21(31)33-3/h4-9H,10-11H2,1-3H3,(H,25,29). The monoisotopic (exact) mass is 522 g/mol. The molecule has 184 valence electrons. The minimum absolute atomic E-state index is 0.0183. The van der Waals surface area contributed by atoms with E-state index in [-0.39, 0.29) is 34.2 Å². The summed E-state index contributed by atoms with van der Waals surface area (Å²) in [6.07, 6.45) is 0. The van der Waals surface area contributed by atoms with Crippen molar-refractivity contribution < 1.29 is 33.0 Å². The second kappa shape index (κ2) is 11.7. The number of amides is 1. The Hall–Kier alpha value is -3.64. The zero-order valence-corrected chi connectivity index (χ0v) is 20.4. The van der Waals surface area contributed by atoms with Gasteiger partial charge in [0.05, 0.1) is 41.8 Å². The maximum Gasteiger partial charge on any atom is 0.339 e. The summed E-state index contributed by atoms with van der Waals surface area (Å²) >= 11 is 7.05. The summed E-state index contributed by atoms with van der Waals surface area (Å²) in [6.45, 7) is 0.0183. The number of esters is 2. The minimum atomic E-state index is -0.677. The number of thioether (sulfide) groups is 1. The number of carbonyl (C=O) groups excluding carboxylic acids is 3. The van der Waals surface area contributed by atoms with Crippen LogP contribution in [0, 0.1) is 5.82 Å². The highest BCUT2D eigenvalue weighted by molar-refractivity contribution is 7.99. The molecule has 3 rings (SSSR count). The summed E-state index contributed by atoms with van der Waals surface area (Å²) in [7, 11) is 4.12. The van der Waals surface area contributed by atoms with Crippen molar-refractivity contribution >= 4 is 46.9 Å². The molecule has 0 spiro atoms. The first-order chi connectivity index (χ1) is 16.7. The molecule has 35 heavy (non-hydrogen) atoms. The lowest BCUT2D eigenvalue weighted by atomic mass is 10.1. The van der Waals surface area contributed by atoms with Gasteiger partial charge in [0.1, 0.15) is 18.2 Å². The lowest BCUT2D eigenvalue weighted by molar-refractivity contribution is -0.113. The number of hydrogen-bond donors (Lipinski definition) is 1. The molecule has 0 radical (unpaired) electrons. The van der Waals surface area contributed by atoms with Crippen LogP contribution < -0.4 is 10.1 Å². The van der Waals surface area contributed by atoms with Crippen LogP contribution in [0.2, 0.25) is 5.02 Å². The van der Waals surface area contributed by atoms with E-state index in [1.165, 1.54) is 44.6 Å². The van der Waals surface area contributed by atoms with E-state index in [2.05, 4.69) is 20.3 Å². The van der Waals surface area contributed by atoms with E-state index in [4.69, 9.17) is 21.1 Å². The van der Waals surface area contributed by atoms with Gasteiger partial charge in [-0.15, -0.1) is 10.2 Å². The van der Waals surface area contributed by atoms with Crippen molar-refractivity contribution in [1.82, 2.24) is 14.8 Å². The van der Waals surface area contributed by atoms with Gasteiger partial charge in [0.15, 0.2) is 11.0 Å². The van der Waals surface area contributed by atoms with Crippen LogP contribution in [0.15, 0.2) is 41.6 Å². The minimum Gasteiger partial charge on any atom is -0.484 e. The molecule has 1 N–H and O–H groups in total. The third kappa shape index (κ3) is 6.49. The highest BCUT2D eigenvalue weighted by Crippen LogP contribution is 2.26. The van der Waals surface area contributed by atoms with E-state index in [1.54, 1.807) is 11.6 Å². The first-order valence-electron chi connectivity index (χ1n) is 9.93. The van der Waals surface area contributed by atoms with Gasteiger partial charge in [0, 0.05) is 7.05 Å². The lowest BCUT2D eigenvalue weighted by Crippen LogP contribution is -2.18. The Bertz CT molecular complexity index is 1270. The Morgan fingerprint density at radius 1 is 1.09 bits per heavy atom. The Morgan fingerprint density at radius 3 is 2.51 bits per heavy atom. The van der Waals surface area contributed by atoms with E-state index in [0.29, 0.717) is 16.7 Å². The highest BCUT2D eigenvalue weighted by atomic mass is 35.5. The molecule has 10 nitrogen and oxygen atoms in total. The Kier molecular flexibility index (Phi) is 8.66. The first-order valence-corrected chi connectivity index (χ1v) is 11.3. The van der Waals surface area contributed by atoms with E-state index in [0.717, 1.165) is 17.8 Å². The molecule has 0 atom stereocenters. The van der Waals surface area contributed by atoms with Crippen LogP contribution in [0.1, 0.15) is 26.5 Å². The maximum atomic E-state index is 13.2. The second-order valence-electron chi connectivity index (χ2n) is 6.90. The molecule has 0 saturated heterocycles. The Balaban J connectivity index is 1.64. The van der Waals surface area contributed by atoms with E-state index in [9.17, 15) is 18.8 Å². The van der Waals surface area contributed by atoms with Gasteiger partial charge in [0.2, 0.25) is 5.91 Å². The van der Waals surface area contributed by atoms with Crippen LogP contribution in [-0.2, 0) is 27.9 Å². The number of halogens is 2. The summed E-state index contributed by atoms with van der Waals surface area (Å²) < 4.78 is 29.8. The zero-order chi connectivity index (χ0) is 25.5. The Labute approximate surface area is 208 Å². The van der Waals surface area contributed by atoms with E-state index >= 15 is 0 Å². The molecule has 1 amide bonds. The number of carbonyl (C=O) groups is 3. The number of benzene rings is 2. The largest absolute Gasteiger partial charge is 0.484 e. The van der Waals surface area contributed by atoms with Crippen molar-refractivity contribution in [3.05, 3.63) is 64.2 Å². The number of nitrogens with one attached hydrogen (secondary N) is 1. The summed E-state index contributed by atoms with van der Waals surface area (Å²) in [6, 6.07) is 7.86. The molecule has 13 heteroatoms. The van der Waals surface area contributed by atoms with Crippen molar-refractivity contribution in [2.75, 3.05) is 25.3 Å². The summed E-state index contributed by atoms with van der Waals surface area (Å²) in [5, 5.41) is 11.2. The fourth-order valence-electron chi connectivity index (χ4n) is 2.83. The van der Waals surface area contributed by atoms with E-state index in [1.807, 2.05) is 0 Å². The molecular formula is C22H20ClFN4O6S. The topological polar surface area (TPSA) is 122 Å². The molecule has 0 aliphatic heterocycles. The smallest absolute Gasteiger partial charge is 0.339 e. The van der Waals surface area contributed by atoms with Gasteiger partial charge in [-0.05, 0) is 36.4 Å². The van der Waals surface area contributed by atoms with Gasteiger partial charge >= 0.3 is 11.9 Å². The third-order valence-corrected chi connectivity index (χ3v) is 5.94. The predicted octanol–water partition coefficient (Wildman–Crippen LogP) is 3.49. The van der Waals surface area contributed by atoms with Crippen molar-refractivity contribution in [3.63, 3.8) is 0 Å². The number of hydrogen-bond acceptors (Lipinski definition) is 9. The summed E-state index contributed by atoms with van der Waals surface area (Å²) in [4.78, 5) is 36.4. The molecule has 0 aliphatic carbocycles. The normalized spacial score (nSPS) is 10.5. The predicted molar refractivity (Wildman–Crippen MR) is 125 cm³/mol. The van der Waals surface area contributed by atoms with Gasteiger partial charge in [-0.25, -0.2) is 14.0 Å². The lowest BCUT2D eigenvalue weighted by Gasteiger charge is -2.11. The van der Waals surface area contributed by atoms with Gasteiger partial charge in [-0.2, -0.15) is 0 Å². The Morgan fingerprint density at radius 2 is 1.83 bits per heavy atom. The number of aromatic nitrogens is 3. The number of anilines is 1. The molecule has 2 aromatic carbocycles. The zero-order valence-electron chi connectivity index (χ0n) is 18.8. The van der Waals surface area contributed by atoms with Crippen LogP contribution in [-0.4, -0.2) is 52.6 Å². The molecule has 0 saturated carbocycles. The number of ether oxygens (including phenoxy) is 3. The van der Waals surface area contributed by atoms with Crippen molar-refractivity contribution in [1.29, 1.82) is 0 Å². The molecule has 1 aromatic heterocycles. The van der Waals surface area contributed by atoms with Gasteiger partial charge in [-0.1, -0.05) is 23.4 Å². The SMILES string of the molecule is COC(=O)c1ccc(C(=O)OC)c(NC(=O)CSc2nnc(COc3ccc(F)cc3Cl)n2C)c1. The van der Waals surface area contributed by atoms with Crippen molar-refractivity contribution in [2.24, 2.45) is 7.05 Å². The second-order valence-corrected chi connectivity index (χ2v) is 8.25. The molecule has 3 aromatic rings. The average molecular weight is 523 g/mol. The highest BCUT2D eigenvalue weighted by Gasteiger charge is 2.18. The van der Waals surface area contributed by atoms with Gasteiger partial charge < -0.3 is 24.1 Å². The maximum absolute atomic E-state index is 13.2. The molecule has 1 heterocycles. The number of rotatable bonds is 9. The quantitative estimate of drug-likeness (QED) is 0.332. The average Bonchev–Trinajstić information content (AvgIpc) is 3.20. The van der Waals surface area contributed by atoms with Crippen LogP contribution in [0.25, 0.3) is 0 Å². The first kappa shape index (κ1) is 26.0. The fraction of sp³-hybridized carbons (Fsp3) is 0.227. The van der Waals surface area contributed by atoms with Crippen LogP contribution >= 0.6 is 23.4 Å². The molecule has 0 fully saturated rings. The molecule has 0 bridgehead atoms. The van der Waals surface area contributed by atoms with Crippen molar-refractivity contribution in [3.8, 4) is 5.75 Å².